The molecule has 0 aromatic heterocycles. The Kier molecular flexibility index (Phi) is 4.68. The van der Waals surface area contributed by atoms with Gasteiger partial charge in [-0.25, -0.2) is 4.79 Å². The molecule has 1 N–H and O–H groups in total. The summed E-state index contributed by atoms with van der Waals surface area (Å²) < 4.78 is 5.09. The van der Waals surface area contributed by atoms with Crippen molar-refractivity contribution in [3.05, 3.63) is 34.4 Å². The summed E-state index contributed by atoms with van der Waals surface area (Å²) in [6.07, 6.45) is 1.69. The largest absolute Gasteiger partial charge is 0.457 e. The van der Waals surface area contributed by atoms with E-state index < -0.39 is 6.10 Å². The van der Waals surface area contributed by atoms with Crippen LogP contribution in [0.4, 0.5) is 0 Å². The number of cyclic esters (lactones) is 1. The van der Waals surface area contributed by atoms with E-state index in [1.165, 1.54) is 0 Å². The molecule has 1 aromatic rings. The van der Waals surface area contributed by atoms with Gasteiger partial charge >= 0.3 is 5.97 Å². The van der Waals surface area contributed by atoms with E-state index in [9.17, 15) is 9.90 Å². The highest BCUT2D eigenvalue weighted by Gasteiger charge is 2.32. The molecule has 0 radical (unpaired) electrons. The summed E-state index contributed by atoms with van der Waals surface area (Å²) in [6.45, 7) is 6.99. The molecule has 1 unspecified atom stereocenters. The van der Waals surface area contributed by atoms with Gasteiger partial charge in [0.2, 0.25) is 0 Å². The summed E-state index contributed by atoms with van der Waals surface area (Å²) in [5.74, 6) is 0.384. The van der Waals surface area contributed by atoms with Crippen molar-refractivity contribution in [1.82, 2.24) is 4.90 Å². The highest BCUT2D eigenvalue weighted by Crippen LogP contribution is 2.33. The maximum absolute atomic E-state index is 11.6. The van der Waals surface area contributed by atoms with E-state index >= 15 is 0 Å². The van der Waals surface area contributed by atoms with Crippen LogP contribution in [0.15, 0.2) is 12.1 Å². The monoisotopic (exact) mass is 337 g/mol. The fraction of sp³-hybridized carbons (Fsp3) is 0.611. The molecule has 126 valence electrons. The van der Waals surface area contributed by atoms with E-state index in [2.05, 4.69) is 11.8 Å². The molecular weight excluding hydrogens is 314 g/mol. The van der Waals surface area contributed by atoms with Gasteiger partial charge in [-0.05, 0) is 48.9 Å². The molecule has 5 heteroatoms. The van der Waals surface area contributed by atoms with Crippen LogP contribution in [0.5, 0.6) is 0 Å². The van der Waals surface area contributed by atoms with E-state index in [0.717, 1.165) is 42.6 Å². The van der Waals surface area contributed by atoms with Gasteiger partial charge in [0, 0.05) is 24.5 Å². The van der Waals surface area contributed by atoms with Crippen LogP contribution < -0.4 is 0 Å². The van der Waals surface area contributed by atoms with Gasteiger partial charge in [0.25, 0.3) is 0 Å². The van der Waals surface area contributed by atoms with Crippen molar-refractivity contribution in [1.29, 1.82) is 0 Å². The summed E-state index contributed by atoms with van der Waals surface area (Å²) in [5.41, 5.74) is 3.53. The Bertz CT molecular complexity index is 619. The topological polar surface area (TPSA) is 49.8 Å². The number of likely N-dealkylation sites (tertiary alicyclic amines) is 1. The summed E-state index contributed by atoms with van der Waals surface area (Å²) >= 11 is 6.11. The number of halogens is 1. The third-order valence-corrected chi connectivity index (χ3v) is 5.83. The molecule has 2 heterocycles. The van der Waals surface area contributed by atoms with Crippen molar-refractivity contribution < 1.29 is 14.6 Å². The summed E-state index contributed by atoms with van der Waals surface area (Å²) in [7, 11) is 0. The zero-order valence-corrected chi connectivity index (χ0v) is 14.5. The van der Waals surface area contributed by atoms with Crippen molar-refractivity contribution in [2.75, 3.05) is 25.5 Å². The number of carbonyl (C=O) groups excluding carboxylic acids is 1. The second kappa shape index (κ2) is 6.42. The van der Waals surface area contributed by atoms with Crippen molar-refractivity contribution in [3.63, 3.8) is 0 Å². The van der Waals surface area contributed by atoms with Gasteiger partial charge in [0.1, 0.15) is 6.61 Å². The Morgan fingerprint density at radius 3 is 3.00 bits per heavy atom. The number of rotatable bonds is 4. The minimum atomic E-state index is -0.561. The van der Waals surface area contributed by atoms with Crippen molar-refractivity contribution >= 4 is 17.6 Å². The number of fused-ring (bicyclic) bond motifs is 1. The van der Waals surface area contributed by atoms with Crippen LogP contribution in [-0.2, 0) is 11.3 Å². The number of alkyl halides is 1. The number of aliphatic hydroxyl groups is 1. The van der Waals surface area contributed by atoms with E-state index in [1.54, 1.807) is 6.07 Å². The minimum Gasteiger partial charge on any atom is -0.457 e. The third-order valence-electron chi connectivity index (χ3n) is 5.18. The highest BCUT2D eigenvalue weighted by molar-refractivity contribution is 6.18. The van der Waals surface area contributed by atoms with Gasteiger partial charge in [0.15, 0.2) is 0 Å². The van der Waals surface area contributed by atoms with E-state index in [1.807, 2.05) is 13.0 Å². The van der Waals surface area contributed by atoms with Gasteiger partial charge in [-0.2, -0.15) is 0 Å². The lowest BCUT2D eigenvalue weighted by Crippen LogP contribution is -2.44. The molecule has 0 aliphatic carbocycles. The predicted molar refractivity (Wildman–Crippen MR) is 89.8 cm³/mol. The Labute approximate surface area is 142 Å². The molecule has 23 heavy (non-hydrogen) atoms. The Hall–Kier alpha value is -1.10. The second-order valence-corrected chi connectivity index (χ2v) is 7.45. The van der Waals surface area contributed by atoms with Crippen LogP contribution in [0.25, 0.3) is 0 Å². The number of ether oxygens (including phenoxy) is 1. The first-order valence-corrected chi connectivity index (χ1v) is 8.73. The fourth-order valence-electron chi connectivity index (χ4n) is 3.76. The molecule has 1 fully saturated rings. The average molecular weight is 338 g/mol. The molecule has 0 spiro atoms. The average Bonchev–Trinajstić information content (AvgIpc) is 2.90. The second-order valence-electron chi connectivity index (χ2n) is 7.18. The number of benzene rings is 1. The lowest BCUT2D eigenvalue weighted by atomic mass is 9.83. The SMILES string of the molecule is Cc1c([C@@H](O)CN2CCCC(C)(CCl)C2)ccc2c1COC2=O. The first-order chi connectivity index (χ1) is 10.9. The molecule has 1 saturated heterocycles. The molecule has 0 bridgehead atoms. The molecule has 2 aliphatic rings. The van der Waals surface area contributed by atoms with Gasteiger partial charge in [-0.15, -0.1) is 11.6 Å². The van der Waals surface area contributed by atoms with Crippen LogP contribution >= 0.6 is 11.6 Å². The number of esters is 1. The van der Waals surface area contributed by atoms with Gasteiger partial charge in [-0.1, -0.05) is 13.0 Å². The summed E-state index contributed by atoms with van der Waals surface area (Å²) in [6, 6.07) is 3.63. The number of nitrogens with zero attached hydrogens (tertiary/aromatic N) is 1. The first-order valence-electron chi connectivity index (χ1n) is 8.19. The quantitative estimate of drug-likeness (QED) is 0.677. The number of hydrogen-bond acceptors (Lipinski definition) is 4. The Balaban J connectivity index is 1.74. The number of carbonyl (C=O) groups is 1. The predicted octanol–water partition coefficient (Wildman–Crippen LogP) is 3.04. The Morgan fingerprint density at radius 2 is 2.26 bits per heavy atom. The normalized spacial score (nSPS) is 26.0. The molecule has 4 nitrogen and oxygen atoms in total. The molecule has 0 saturated carbocycles. The smallest absolute Gasteiger partial charge is 0.338 e. The number of hydrogen-bond donors (Lipinski definition) is 1. The Morgan fingerprint density at radius 1 is 1.48 bits per heavy atom. The van der Waals surface area contributed by atoms with Gasteiger partial charge < -0.3 is 9.84 Å². The van der Waals surface area contributed by atoms with E-state index in [4.69, 9.17) is 16.3 Å². The van der Waals surface area contributed by atoms with Crippen molar-refractivity contribution in [2.45, 2.75) is 39.4 Å². The van der Waals surface area contributed by atoms with Crippen LogP contribution in [0.3, 0.4) is 0 Å². The zero-order valence-electron chi connectivity index (χ0n) is 13.8. The van der Waals surface area contributed by atoms with Crippen molar-refractivity contribution in [2.24, 2.45) is 5.41 Å². The van der Waals surface area contributed by atoms with Crippen LogP contribution in [0.1, 0.15) is 52.9 Å². The molecular formula is C18H24ClNO3. The standard InChI is InChI=1S/C18H24ClNO3/c1-12-13(4-5-14-15(12)9-23-17(14)22)16(21)8-20-7-3-6-18(2,10-19)11-20/h4-5,16,21H,3,6-11H2,1-2H3/t16-,18?/m0/s1. The zero-order chi connectivity index (χ0) is 16.6. The van der Waals surface area contributed by atoms with Crippen molar-refractivity contribution in [3.8, 4) is 0 Å². The maximum Gasteiger partial charge on any atom is 0.338 e. The molecule has 2 aliphatic heterocycles. The minimum absolute atomic E-state index is 0.132. The fourth-order valence-corrected chi connectivity index (χ4v) is 3.98. The first kappa shape index (κ1) is 16.7. The maximum atomic E-state index is 11.6. The molecule has 0 amide bonds. The van der Waals surface area contributed by atoms with Crippen LogP contribution in [0, 0.1) is 12.3 Å². The van der Waals surface area contributed by atoms with Gasteiger partial charge in [0.05, 0.1) is 11.7 Å². The lowest BCUT2D eigenvalue weighted by molar-refractivity contribution is 0.0535. The third kappa shape index (κ3) is 3.25. The lowest BCUT2D eigenvalue weighted by Gasteiger charge is -2.40. The molecule has 3 rings (SSSR count). The van der Waals surface area contributed by atoms with E-state index in [0.29, 0.717) is 24.6 Å². The van der Waals surface area contributed by atoms with Crippen LogP contribution in [0.2, 0.25) is 0 Å². The van der Waals surface area contributed by atoms with E-state index in [-0.39, 0.29) is 11.4 Å². The molecule has 2 atom stereocenters. The number of piperidine rings is 1. The molecule has 1 aromatic carbocycles. The summed E-state index contributed by atoms with van der Waals surface area (Å²) in [5, 5.41) is 10.7. The highest BCUT2D eigenvalue weighted by atomic mass is 35.5. The summed E-state index contributed by atoms with van der Waals surface area (Å²) in [4.78, 5) is 13.9. The number of aliphatic hydroxyl groups excluding tert-OH is 1. The number of β-amino-alcohol motifs (C(OH)–C–C–N with tert-alkyl or cyclic N) is 1. The van der Waals surface area contributed by atoms with Gasteiger partial charge in [-0.3, -0.25) is 4.90 Å². The van der Waals surface area contributed by atoms with Crippen LogP contribution in [-0.4, -0.2) is 41.5 Å².